The molecule has 3 aliphatic carbocycles. The van der Waals surface area contributed by atoms with Gasteiger partial charge in [0.2, 0.25) is 0 Å². The lowest BCUT2D eigenvalue weighted by Crippen LogP contribution is -2.15. The first-order chi connectivity index (χ1) is 9.33. The smallest absolute Gasteiger partial charge is 0.0614 e. The molecule has 0 bridgehead atoms. The molecule has 2 saturated carbocycles. The van der Waals surface area contributed by atoms with Gasteiger partial charge in [0.05, 0.1) is 6.10 Å². The van der Waals surface area contributed by atoms with Gasteiger partial charge in [-0.3, -0.25) is 0 Å². The predicted octanol–water partition coefficient (Wildman–Crippen LogP) is 3.51. The molecule has 0 radical (unpaired) electrons. The Morgan fingerprint density at radius 3 is 2.53 bits per heavy atom. The Labute approximate surface area is 116 Å². The highest BCUT2D eigenvalue weighted by molar-refractivity contribution is 5.35. The summed E-state index contributed by atoms with van der Waals surface area (Å²) in [6, 6.07) is 6.90. The monoisotopic (exact) mass is 256 g/mol. The van der Waals surface area contributed by atoms with E-state index < -0.39 is 0 Å². The summed E-state index contributed by atoms with van der Waals surface area (Å²) in [5.74, 6) is 2.34. The Kier molecular flexibility index (Phi) is 2.91. The molecule has 1 aromatic rings. The number of fused-ring (bicyclic) bond motifs is 2. The first kappa shape index (κ1) is 12.0. The van der Waals surface area contributed by atoms with Crippen LogP contribution in [0.1, 0.15) is 48.8 Å². The van der Waals surface area contributed by atoms with Crippen LogP contribution in [0.15, 0.2) is 18.2 Å². The first-order valence-electron chi connectivity index (χ1n) is 8.11. The second-order valence-electron chi connectivity index (χ2n) is 6.92. The highest BCUT2D eigenvalue weighted by atomic mass is 16.3. The molecule has 0 heterocycles. The number of rotatable bonds is 3. The fourth-order valence-electron chi connectivity index (χ4n) is 4.75. The zero-order valence-corrected chi connectivity index (χ0v) is 11.6. The van der Waals surface area contributed by atoms with Crippen molar-refractivity contribution >= 4 is 0 Å². The van der Waals surface area contributed by atoms with Crippen molar-refractivity contribution in [2.24, 2.45) is 17.8 Å². The molecule has 102 valence electrons. The summed E-state index contributed by atoms with van der Waals surface area (Å²) < 4.78 is 0. The van der Waals surface area contributed by atoms with Gasteiger partial charge in [-0.15, -0.1) is 0 Å². The van der Waals surface area contributed by atoms with E-state index in [4.69, 9.17) is 0 Å². The number of benzene rings is 1. The molecule has 0 spiro atoms. The number of aliphatic hydroxyl groups is 1. The maximum absolute atomic E-state index is 10.5. The average molecular weight is 256 g/mol. The third-order valence-electron chi connectivity index (χ3n) is 5.77. The molecule has 3 unspecified atom stereocenters. The molecule has 0 aliphatic heterocycles. The van der Waals surface area contributed by atoms with Gasteiger partial charge in [0.15, 0.2) is 0 Å². The maximum Gasteiger partial charge on any atom is 0.0614 e. The van der Waals surface area contributed by atoms with E-state index in [1.807, 2.05) is 0 Å². The standard InChI is InChI=1S/C18H24O/c19-17(18-15-6-1-2-7-16(15)18)11-12-8-9-13-4-3-5-14(13)10-12/h8-10,15-19H,1-7,11H2. The van der Waals surface area contributed by atoms with Crippen LogP contribution in [0, 0.1) is 17.8 Å². The highest BCUT2D eigenvalue weighted by Gasteiger charge is 2.53. The Bertz CT molecular complexity index is 467. The number of aryl methyl sites for hydroxylation is 2. The fourth-order valence-corrected chi connectivity index (χ4v) is 4.75. The van der Waals surface area contributed by atoms with Crippen LogP contribution in [-0.2, 0) is 19.3 Å². The van der Waals surface area contributed by atoms with Gasteiger partial charge in [-0.1, -0.05) is 31.0 Å². The lowest BCUT2D eigenvalue weighted by molar-refractivity contribution is 0.140. The van der Waals surface area contributed by atoms with Crippen molar-refractivity contribution in [3.05, 3.63) is 34.9 Å². The zero-order valence-electron chi connectivity index (χ0n) is 11.6. The molecule has 4 rings (SSSR count). The quantitative estimate of drug-likeness (QED) is 0.877. The number of aliphatic hydroxyl groups excluding tert-OH is 1. The topological polar surface area (TPSA) is 20.2 Å². The Hall–Kier alpha value is -0.820. The first-order valence-corrected chi connectivity index (χ1v) is 8.11. The minimum atomic E-state index is -0.0902. The molecule has 19 heavy (non-hydrogen) atoms. The molecule has 1 N–H and O–H groups in total. The van der Waals surface area contributed by atoms with Crippen LogP contribution < -0.4 is 0 Å². The van der Waals surface area contributed by atoms with Crippen molar-refractivity contribution < 1.29 is 5.11 Å². The van der Waals surface area contributed by atoms with E-state index in [-0.39, 0.29) is 6.10 Å². The van der Waals surface area contributed by atoms with Crippen LogP contribution in [0.25, 0.3) is 0 Å². The molecular weight excluding hydrogens is 232 g/mol. The fraction of sp³-hybridized carbons (Fsp3) is 0.667. The van der Waals surface area contributed by atoms with E-state index in [1.165, 1.54) is 56.1 Å². The zero-order chi connectivity index (χ0) is 12.8. The molecule has 1 nitrogen and oxygen atoms in total. The van der Waals surface area contributed by atoms with Gasteiger partial charge in [-0.05, 0) is 73.0 Å². The van der Waals surface area contributed by atoms with Gasteiger partial charge >= 0.3 is 0 Å². The molecule has 0 aromatic heterocycles. The third kappa shape index (κ3) is 2.12. The van der Waals surface area contributed by atoms with Crippen LogP contribution in [0.4, 0.5) is 0 Å². The Morgan fingerprint density at radius 1 is 1.00 bits per heavy atom. The summed E-state index contributed by atoms with van der Waals surface area (Å²) in [4.78, 5) is 0. The van der Waals surface area contributed by atoms with Gasteiger partial charge in [0, 0.05) is 0 Å². The minimum absolute atomic E-state index is 0.0902. The van der Waals surface area contributed by atoms with Gasteiger partial charge in [-0.2, -0.15) is 0 Å². The van der Waals surface area contributed by atoms with Crippen molar-refractivity contribution in [2.45, 2.75) is 57.5 Å². The summed E-state index contributed by atoms with van der Waals surface area (Å²) in [6.45, 7) is 0. The molecule has 3 aliphatic rings. The highest BCUT2D eigenvalue weighted by Crippen LogP contribution is 2.57. The normalized spacial score (nSPS) is 33.6. The summed E-state index contributed by atoms with van der Waals surface area (Å²) in [5.41, 5.74) is 4.44. The van der Waals surface area contributed by atoms with Crippen molar-refractivity contribution in [1.82, 2.24) is 0 Å². The average Bonchev–Trinajstić information content (AvgIpc) is 2.98. The van der Waals surface area contributed by atoms with Gasteiger partial charge in [-0.25, -0.2) is 0 Å². The van der Waals surface area contributed by atoms with Crippen LogP contribution in [0.5, 0.6) is 0 Å². The summed E-state index contributed by atoms with van der Waals surface area (Å²) in [6.07, 6.45) is 10.1. The van der Waals surface area contributed by atoms with E-state index in [0.29, 0.717) is 5.92 Å². The lowest BCUT2D eigenvalue weighted by Gasteiger charge is -2.12. The summed E-state index contributed by atoms with van der Waals surface area (Å²) in [5, 5.41) is 10.5. The largest absolute Gasteiger partial charge is 0.392 e. The van der Waals surface area contributed by atoms with Gasteiger partial charge < -0.3 is 5.11 Å². The van der Waals surface area contributed by atoms with E-state index in [0.717, 1.165) is 18.3 Å². The predicted molar refractivity (Wildman–Crippen MR) is 77.1 cm³/mol. The van der Waals surface area contributed by atoms with E-state index in [9.17, 15) is 5.11 Å². The second-order valence-corrected chi connectivity index (χ2v) is 6.92. The van der Waals surface area contributed by atoms with Crippen LogP contribution in [-0.4, -0.2) is 11.2 Å². The van der Waals surface area contributed by atoms with Crippen LogP contribution >= 0.6 is 0 Å². The molecular formula is C18H24O. The SMILES string of the molecule is OC(Cc1ccc2c(c1)CCC2)C1C2CCCCC21. The second kappa shape index (κ2) is 4.63. The molecule has 1 aromatic carbocycles. The lowest BCUT2D eigenvalue weighted by atomic mass is 9.99. The van der Waals surface area contributed by atoms with Crippen molar-refractivity contribution in [1.29, 1.82) is 0 Å². The molecule has 2 fully saturated rings. The number of hydrogen-bond acceptors (Lipinski definition) is 1. The van der Waals surface area contributed by atoms with E-state index in [2.05, 4.69) is 18.2 Å². The molecule has 1 heteroatoms. The van der Waals surface area contributed by atoms with Crippen molar-refractivity contribution in [3.8, 4) is 0 Å². The summed E-state index contributed by atoms with van der Waals surface area (Å²) in [7, 11) is 0. The van der Waals surface area contributed by atoms with Crippen LogP contribution in [0.3, 0.4) is 0 Å². The van der Waals surface area contributed by atoms with E-state index in [1.54, 1.807) is 5.56 Å². The molecule has 3 atom stereocenters. The minimum Gasteiger partial charge on any atom is -0.392 e. The number of hydrogen-bond donors (Lipinski definition) is 1. The molecule has 0 saturated heterocycles. The summed E-state index contributed by atoms with van der Waals surface area (Å²) >= 11 is 0. The Balaban J connectivity index is 1.44. The van der Waals surface area contributed by atoms with Crippen molar-refractivity contribution in [2.75, 3.05) is 0 Å². The Morgan fingerprint density at radius 2 is 1.74 bits per heavy atom. The van der Waals surface area contributed by atoms with Crippen LogP contribution in [0.2, 0.25) is 0 Å². The third-order valence-corrected chi connectivity index (χ3v) is 5.77. The van der Waals surface area contributed by atoms with Crippen molar-refractivity contribution in [3.63, 3.8) is 0 Å². The van der Waals surface area contributed by atoms with Gasteiger partial charge in [0.25, 0.3) is 0 Å². The maximum atomic E-state index is 10.5. The molecule has 0 amide bonds. The van der Waals surface area contributed by atoms with Gasteiger partial charge in [0.1, 0.15) is 0 Å². The van der Waals surface area contributed by atoms with E-state index >= 15 is 0 Å².